The van der Waals surface area contributed by atoms with Crippen molar-refractivity contribution in [2.75, 3.05) is 0 Å². The van der Waals surface area contributed by atoms with E-state index < -0.39 is 26.6 Å². The van der Waals surface area contributed by atoms with Gasteiger partial charge >= 0.3 is 5.97 Å². The van der Waals surface area contributed by atoms with Crippen LogP contribution in [0.25, 0.3) is 0 Å². The Bertz CT molecular complexity index is 596. The van der Waals surface area contributed by atoms with Crippen LogP contribution in [0, 0.1) is 5.41 Å². The van der Waals surface area contributed by atoms with E-state index in [0.717, 1.165) is 6.20 Å². The number of aromatic carboxylic acids is 1. The Morgan fingerprint density at radius 1 is 1.35 bits per heavy atom. The van der Waals surface area contributed by atoms with Crippen molar-refractivity contribution < 1.29 is 18.3 Å². The second-order valence-electron chi connectivity index (χ2n) is 6.64. The van der Waals surface area contributed by atoms with E-state index in [2.05, 4.69) is 14.9 Å². The van der Waals surface area contributed by atoms with Gasteiger partial charge in [-0.05, 0) is 25.7 Å². The van der Waals surface area contributed by atoms with E-state index in [1.807, 2.05) is 20.8 Å². The number of carbonyl (C=O) groups is 1. The molecule has 0 aliphatic carbocycles. The Morgan fingerprint density at radius 3 is 2.35 bits per heavy atom. The Hall–Kier alpha value is -1.41. The maximum atomic E-state index is 12.3. The molecule has 0 aromatic carbocycles. The summed E-state index contributed by atoms with van der Waals surface area (Å²) >= 11 is 0. The van der Waals surface area contributed by atoms with Crippen LogP contribution in [0.15, 0.2) is 11.2 Å². The third-order valence-corrected chi connectivity index (χ3v) is 4.16. The van der Waals surface area contributed by atoms with Gasteiger partial charge in [0.15, 0.2) is 5.03 Å². The molecule has 3 N–H and O–H groups in total. The van der Waals surface area contributed by atoms with Crippen molar-refractivity contribution in [2.45, 2.75) is 51.6 Å². The number of aromatic amines is 1. The summed E-state index contributed by atoms with van der Waals surface area (Å²) in [6.07, 6.45) is 1.57. The highest BCUT2D eigenvalue weighted by molar-refractivity contribution is 7.89. The number of carboxylic acids is 1. The van der Waals surface area contributed by atoms with Crippen LogP contribution in [0.5, 0.6) is 0 Å². The van der Waals surface area contributed by atoms with Gasteiger partial charge in [-0.25, -0.2) is 17.9 Å². The lowest BCUT2D eigenvalue weighted by atomic mass is 9.82. The summed E-state index contributed by atoms with van der Waals surface area (Å²) in [6.45, 7) is 9.52. The number of nitrogens with one attached hydrogen (secondary N) is 2. The molecule has 0 atom stereocenters. The molecule has 0 aliphatic heterocycles. The quantitative estimate of drug-likeness (QED) is 0.765. The van der Waals surface area contributed by atoms with Crippen LogP contribution >= 0.6 is 0 Å². The first kappa shape index (κ1) is 16.6. The second kappa shape index (κ2) is 5.17. The van der Waals surface area contributed by atoms with Gasteiger partial charge in [-0.15, -0.1) is 0 Å². The summed E-state index contributed by atoms with van der Waals surface area (Å²) in [4.78, 5) is 11.0. The molecule has 1 aromatic rings. The Labute approximate surface area is 118 Å². The van der Waals surface area contributed by atoms with Crippen molar-refractivity contribution >= 4 is 16.0 Å². The van der Waals surface area contributed by atoms with E-state index in [-0.39, 0.29) is 11.0 Å². The van der Waals surface area contributed by atoms with Gasteiger partial charge in [-0.1, -0.05) is 20.8 Å². The molecule has 1 heterocycles. The molecule has 0 bridgehead atoms. The van der Waals surface area contributed by atoms with Crippen LogP contribution in [0.3, 0.4) is 0 Å². The first-order valence-corrected chi connectivity index (χ1v) is 7.63. The fraction of sp³-hybridized carbons (Fsp3) is 0.667. The highest BCUT2D eigenvalue weighted by Crippen LogP contribution is 2.28. The second-order valence-corrected chi connectivity index (χ2v) is 8.26. The van der Waals surface area contributed by atoms with Crippen molar-refractivity contribution in [3.8, 4) is 0 Å². The van der Waals surface area contributed by atoms with E-state index in [0.29, 0.717) is 6.42 Å². The fourth-order valence-corrected chi connectivity index (χ4v) is 3.91. The molecule has 1 rings (SSSR count). The van der Waals surface area contributed by atoms with E-state index in [1.165, 1.54) is 0 Å². The monoisotopic (exact) mass is 303 g/mol. The zero-order valence-electron chi connectivity index (χ0n) is 12.3. The first-order valence-electron chi connectivity index (χ1n) is 6.15. The zero-order valence-corrected chi connectivity index (χ0v) is 13.1. The van der Waals surface area contributed by atoms with Crippen molar-refractivity contribution in [3.05, 3.63) is 11.8 Å². The first-order chi connectivity index (χ1) is 8.84. The van der Waals surface area contributed by atoms with Gasteiger partial charge in [0.25, 0.3) is 10.0 Å². The summed E-state index contributed by atoms with van der Waals surface area (Å²) in [5.74, 6) is -1.34. The fourth-order valence-electron chi connectivity index (χ4n) is 2.41. The van der Waals surface area contributed by atoms with Gasteiger partial charge in [-0.3, -0.25) is 5.10 Å². The number of hydrogen-bond donors (Lipinski definition) is 3. The van der Waals surface area contributed by atoms with Gasteiger partial charge in [-0.2, -0.15) is 5.10 Å². The maximum absolute atomic E-state index is 12.3. The predicted octanol–water partition coefficient (Wildman–Crippen LogP) is 1.60. The molecule has 114 valence electrons. The van der Waals surface area contributed by atoms with Crippen molar-refractivity contribution in [1.82, 2.24) is 14.9 Å². The third-order valence-electron chi connectivity index (χ3n) is 2.49. The molecule has 1 aromatic heterocycles. The number of hydrogen-bond acceptors (Lipinski definition) is 4. The largest absolute Gasteiger partial charge is 0.478 e. The van der Waals surface area contributed by atoms with Crippen LogP contribution in [0.1, 0.15) is 51.4 Å². The van der Waals surface area contributed by atoms with Gasteiger partial charge in [0.2, 0.25) is 0 Å². The summed E-state index contributed by atoms with van der Waals surface area (Å²) < 4.78 is 27.1. The standard InChI is InChI=1S/C12H21N3O4S/c1-11(2,3)7-12(4,5)15-20(18,19)9-8(10(16)17)6-13-14-9/h6,15H,7H2,1-5H3,(H,13,14)(H,16,17). The topological polar surface area (TPSA) is 112 Å². The summed E-state index contributed by atoms with van der Waals surface area (Å²) in [5.41, 5.74) is -1.16. The molecule has 0 saturated heterocycles. The number of H-pyrrole nitrogens is 1. The van der Waals surface area contributed by atoms with E-state index in [9.17, 15) is 13.2 Å². The molecule has 0 saturated carbocycles. The molecule has 20 heavy (non-hydrogen) atoms. The summed E-state index contributed by atoms with van der Waals surface area (Å²) in [7, 11) is -3.97. The van der Waals surface area contributed by atoms with E-state index >= 15 is 0 Å². The highest BCUT2D eigenvalue weighted by atomic mass is 32.2. The van der Waals surface area contributed by atoms with Gasteiger partial charge in [0.05, 0.1) is 6.20 Å². The third kappa shape index (κ3) is 4.31. The minimum absolute atomic E-state index is 0.0738. The Balaban J connectivity index is 3.07. The van der Waals surface area contributed by atoms with E-state index in [4.69, 9.17) is 5.11 Å². The molecular formula is C12H21N3O4S. The van der Waals surface area contributed by atoms with Gasteiger partial charge in [0, 0.05) is 5.54 Å². The minimum Gasteiger partial charge on any atom is -0.478 e. The number of sulfonamides is 1. The smallest absolute Gasteiger partial charge is 0.340 e. The predicted molar refractivity (Wildman–Crippen MR) is 74.0 cm³/mol. The lowest BCUT2D eigenvalue weighted by Crippen LogP contribution is -2.46. The molecule has 0 aliphatic rings. The lowest BCUT2D eigenvalue weighted by molar-refractivity contribution is 0.0692. The van der Waals surface area contributed by atoms with Gasteiger partial charge in [0.1, 0.15) is 5.56 Å². The van der Waals surface area contributed by atoms with Crippen LogP contribution < -0.4 is 4.72 Å². The number of carboxylic acid groups (broad SMARTS) is 1. The minimum atomic E-state index is -3.97. The van der Waals surface area contributed by atoms with Gasteiger partial charge < -0.3 is 5.11 Å². The Morgan fingerprint density at radius 2 is 1.90 bits per heavy atom. The van der Waals surface area contributed by atoms with Crippen LogP contribution in [0.4, 0.5) is 0 Å². The summed E-state index contributed by atoms with van der Waals surface area (Å²) in [6, 6.07) is 0. The van der Waals surface area contributed by atoms with Crippen molar-refractivity contribution in [1.29, 1.82) is 0 Å². The normalized spacial score (nSPS) is 13.4. The van der Waals surface area contributed by atoms with Crippen molar-refractivity contribution in [2.24, 2.45) is 5.41 Å². The highest BCUT2D eigenvalue weighted by Gasteiger charge is 2.33. The molecule has 8 heteroatoms. The van der Waals surface area contributed by atoms with Crippen LogP contribution in [-0.4, -0.2) is 35.2 Å². The molecule has 0 spiro atoms. The molecule has 7 nitrogen and oxygen atoms in total. The SMILES string of the molecule is CC(C)(C)CC(C)(C)NS(=O)(=O)c1[nH]ncc1C(=O)O. The summed E-state index contributed by atoms with van der Waals surface area (Å²) in [5, 5.41) is 14.2. The zero-order chi connectivity index (χ0) is 15.8. The molecule has 0 unspecified atom stereocenters. The maximum Gasteiger partial charge on any atom is 0.340 e. The number of nitrogens with zero attached hydrogens (tertiary/aromatic N) is 1. The average molecular weight is 303 g/mol. The molecular weight excluding hydrogens is 282 g/mol. The van der Waals surface area contributed by atoms with Crippen molar-refractivity contribution in [3.63, 3.8) is 0 Å². The average Bonchev–Trinajstić information content (AvgIpc) is 2.58. The molecule has 0 amide bonds. The van der Waals surface area contributed by atoms with Crippen LogP contribution in [0.2, 0.25) is 0 Å². The lowest BCUT2D eigenvalue weighted by Gasteiger charge is -2.32. The molecule has 0 fully saturated rings. The van der Waals surface area contributed by atoms with E-state index in [1.54, 1.807) is 13.8 Å². The number of rotatable bonds is 5. The number of aromatic nitrogens is 2. The molecule has 0 radical (unpaired) electrons. The van der Waals surface area contributed by atoms with Crippen LogP contribution in [-0.2, 0) is 10.0 Å². The Kier molecular flexibility index (Phi) is 4.31.